The Hall–Kier alpha value is -3.05. The van der Waals surface area contributed by atoms with Gasteiger partial charge in [-0.25, -0.2) is 0 Å². The maximum absolute atomic E-state index is 13.1. The molecule has 0 aromatic heterocycles. The third-order valence-electron chi connectivity index (χ3n) is 6.63. The highest BCUT2D eigenvalue weighted by molar-refractivity contribution is 5.84. The molecule has 1 saturated heterocycles. The number of carbonyl (C=O) groups excluding carboxylic acids is 1. The lowest BCUT2D eigenvalue weighted by molar-refractivity contribution is -0.143. The van der Waals surface area contributed by atoms with E-state index in [4.69, 9.17) is 0 Å². The van der Waals surface area contributed by atoms with E-state index >= 15 is 0 Å². The Bertz CT molecular complexity index is 1060. The summed E-state index contributed by atoms with van der Waals surface area (Å²) in [6.45, 7) is 5.00. The zero-order chi connectivity index (χ0) is 26.6. The Balaban J connectivity index is 1.29. The largest absolute Gasteiger partial charge is 0.416 e. The van der Waals surface area contributed by atoms with Crippen molar-refractivity contribution in [2.75, 3.05) is 50.7 Å². The van der Waals surface area contributed by atoms with Crippen molar-refractivity contribution < 1.29 is 31.1 Å². The molecule has 11 heteroatoms. The fourth-order valence-corrected chi connectivity index (χ4v) is 4.60. The van der Waals surface area contributed by atoms with Crippen LogP contribution in [0.25, 0.3) is 0 Å². The molecule has 4 rings (SSSR count). The normalized spacial score (nSPS) is 19.4. The summed E-state index contributed by atoms with van der Waals surface area (Å²) < 4.78 is 78.6. The predicted molar refractivity (Wildman–Crippen MR) is 128 cm³/mol. The molecule has 37 heavy (non-hydrogen) atoms. The van der Waals surface area contributed by atoms with Gasteiger partial charge in [0.05, 0.1) is 11.1 Å². The summed E-state index contributed by atoms with van der Waals surface area (Å²) in [7, 11) is 0. The maximum atomic E-state index is 13.1. The summed E-state index contributed by atoms with van der Waals surface area (Å²) in [5, 5.41) is 2.50. The number of benzene rings is 2. The molecule has 1 fully saturated rings. The first kappa shape index (κ1) is 27.0. The molecule has 0 saturated carbocycles. The predicted octanol–water partition coefficient (Wildman–Crippen LogP) is 4.40. The van der Waals surface area contributed by atoms with Gasteiger partial charge in [0.15, 0.2) is 0 Å². The van der Waals surface area contributed by atoms with E-state index in [1.54, 1.807) is 6.08 Å². The molecule has 2 aromatic rings. The van der Waals surface area contributed by atoms with Gasteiger partial charge in [-0.1, -0.05) is 30.4 Å². The zero-order valence-electron chi connectivity index (χ0n) is 20.0. The summed E-state index contributed by atoms with van der Waals surface area (Å²) in [6, 6.07) is 10.9. The second kappa shape index (κ2) is 11.1. The maximum Gasteiger partial charge on any atom is 0.416 e. The van der Waals surface area contributed by atoms with Crippen molar-refractivity contribution in [3.8, 4) is 0 Å². The molecule has 0 unspecified atom stereocenters. The Morgan fingerprint density at radius 1 is 0.865 bits per heavy atom. The molecule has 1 atom stereocenters. The van der Waals surface area contributed by atoms with Gasteiger partial charge >= 0.3 is 12.4 Å². The highest BCUT2D eigenvalue weighted by Crippen LogP contribution is 2.36. The second-order valence-electron chi connectivity index (χ2n) is 9.16. The molecule has 1 amide bonds. The number of halogens is 6. The van der Waals surface area contributed by atoms with E-state index in [-0.39, 0.29) is 11.6 Å². The number of nitrogens with one attached hydrogen (secondary N) is 1. The zero-order valence-corrected chi connectivity index (χ0v) is 20.0. The Morgan fingerprint density at radius 2 is 1.49 bits per heavy atom. The van der Waals surface area contributed by atoms with E-state index in [9.17, 15) is 31.1 Å². The summed E-state index contributed by atoms with van der Waals surface area (Å²) in [5.41, 5.74) is -1.88. The van der Waals surface area contributed by atoms with Gasteiger partial charge in [0.1, 0.15) is 6.04 Å². The van der Waals surface area contributed by atoms with Gasteiger partial charge in [-0.2, -0.15) is 26.3 Å². The second-order valence-corrected chi connectivity index (χ2v) is 9.16. The first-order valence-corrected chi connectivity index (χ1v) is 12.0. The van der Waals surface area contributed by atoms with Gasteiger partial charge in [-0.05, 0) is 35.9 Å². The summed E-state index contributed by atoms with van der Waals surface area (Å²) in [6.07, 6.45) is -6.32. The highest BCUT2D eigenvalue weighted by Gasteiger charge is 2.37. The Kier molecular flexibility index (Phi) is 8.13. The number of hydrogen-bond acceptors (Lipinski definition) is 4. The summed E-state index contributed by atoms with van der Waals surface area (Å²) in [5.74, 6) is -0.464. The lowest BCUT2D eigenvalue weighted by Crippen LogP contribution is -2.50. The van der Waals surface area contributed by atoms with Gasteiger partial charge in [0.2, 0.25) is 5.91 Å². The number of para-hydroxylation sites is 1. The fraction of sp³-hybridized carbons (Fsp3) is 0.423. The average molecular weight is 527 g/mol. The molecular formula is C26H28F6N4O. The van der Waals surface area contributed by atoms with E-state index < -0.39 is 42.0 Å². The molecule has 1 N–H and O–H groups in total. The quantitative estimate of drug-likeness (QED) is 0.429. The van der Waals surface area contributed by atoms with Crippen LogP contribution in [-0.2, 0) is 23.7 Å². The number of nitrogens with zero attached hydrogens (tertiary/aromatic N) is 3. The van der Waals surface area contributed by atoms with E-state index in [1.165, 1.54) is 5.69 Å². The molecule has 5 nitrogen and oxygen atoms in total. The number of amides is 1. The minimum Gasteiger partial charge on any atom is -0.369 e. The smallest absolute Gasteiger partial charge is 0.369 e. The van der Waals surface area contributed by atoms with Crippen molar-refractivity contribution in [2.24, 2.45) is 0 Å². The SMILES string of the molecule is O=C(NCc1cc(C(F)(F)F)cc(C(F)(F)F)c1)[C@@H]1C=CCN1CCN1CCN(c2ccccc2)CC1. The molecule has 0 aliphatic carbocycles. The van der Waals surface area contributed by atoms with Crippen LogP contribution in [-0.4, -0.2) is 67.6 Å². The van der Waals surface area contributed by atoms with E-state index in [0.29, 0.717) is 25.2 Å². The van der Waals surface area contributed by atoms with Crippen molar-refractivity contribution in [3.63, 3.8) is 0 Å². The topological polar surface area (TPSA) is 38.8 Å². The van der Waals surface area contributed by atoms with Crippen molar-refractivity contribution in [3.05, 3.63) is 77.4 Å². The van der Waals surface area contributed by atoms with Crippen LogP contribution in [0.15, 0.2) is 60.7 Å². The van der Waals surface area contributed by atoms with Crippen LogP contribution >= 0.6 is 0 Å². The third kappa shape index (κ3) is 7.04. The van der Waals surface area contributed by atoms with Gasteiger partial charge in [0.25, 0.3) is 0 Å². The fourth-order valence-electron chi connectivity index (χ4n) is 4.60. The number of alkyl halides is 6. The number of anilines is 1. The summed E-state index contributed by atoms with van der Waals surface area (Å²) in [4.78, 5) is 19.3. The number of hydrogen-bond donors (Lipinski definition) is 1. The first-order valence-electron chi connectivity index (χ1n) is 12.0. The van der Waals surface area contributed by atoms with Crippen molar-refractivity contribution in [2.45, 2.75) is 24.9 Å². The molecule has 200 valence electrons. The lowest BCUT2D eigenvalue weighted by atomic mass is 10.0. The van der Waals surface area contributed by atoms with E-state index in [2.05, 4.69) is 27.2 Å². The molecule has 2 heterocycles. The number of rotatable bonds is 7. The van der Waals surface area contributed by atoms with Crippen LogP contribution in [0.4, 0.5) is 32.0 Å². The van der Waals surface area contributed by atoms with Crippen LogP contribution in [0.1, 0.15) is 16.7 Å². The lowest BCUT2D eigenvalue weighted by Gasteiger charge is -2.37. The Morgan fingerprint density at radius 3 is 2.08 bits per heavy atom. The minimum absolute atomic E-state index is 0.0758. The third-order valence-corrected chi connectivity index (χ3v) is 6.63. The molecule has 0 spiro atoms. The molecule has 2 aromatic carbocycles. The van der Waals surface area contributed by atoms with Crippen molar-refractivity contribution in [1.29, 1.82) is 0 Å². The number of carbonyl (C=O) groups is 1. The van der Waals surface area contributed by atoms with Crippen LogP contribution in [0.5, 0.6) is 0 Å². The van der Waals surface area contributed by atoms with Gasteiger partial charge < -0.3 is 10.2 Å². The summed E-state index contributed by atoms with van der Waals surface area (Å²) >= 11 is 0. The van der Waals surface area contributed by atoms with E-state index in [0.717, 1.165) is 32.7 Å². The van der Waals surface area contributed by atoms with Gasteiger partial charge in [-0.15, -0.1) is 0 Å². The number of piperazine rings is 1. The van der Waals surface area contributed by atoms with E-state index in [1.807, 2.05) is 29.2 Å². The van der Waals surface area contributed by atoms with Crippen molar-refractivity contribution >= 4 is 11.6 Å². The van der Waals surface area contributed by atoms with Gasteiger partial charge in [0, 0.05) is 58.0 Å². The molecule has 0 bridgehead atoms. The molecule has 2 aliphatic rings. The molecule has 0 radical (unpaired) electrons. The first-order chi connectivity index (χ1) is 17.5. The van der Waals surface area contributed by atoms with Gasteiger partial charge in [-0.3, -0.25) is 14.6 Å². The molecule has 2 aliphatic heterocycles. The minimum atomic E-state index is -4.93. The average Bonchev–Trinajstić information content (AvgIpc) is 3.34. The van der Waals surface area contributed by atoms with Crippen LogP contribution in [0, 0.1) is 0 Å². The van der Waals surface area contributed by atoms with Crippen LogP contribution < -0.4 is 10.2 Å². The Labute approximate surface area is 211 Å². The highest BCUT2D eigenvalue weighted by atomic mass is 19.4. The van der Waals surface area contributed by atoms with Crippen molar-refractivity contribution in [1.82, 2.24) is 15.1 Å². The molecular weight excluding hydrogens is 498 g/mol. The van der Waals surface area contributed by atoms with Crippen LogP contribution in [0.2, 0.25) is 0 Å². The van der Waals surface area contributed by atoms with Crippen LogP contribution in [0.3, 0.4) is 0 Å². The monoisotopic (exact) mass is 526 g/mol. The standard InChI is InChI=1S/C26H28F6N4O/c27-25(28,29)20-15-19(16-21(17-20)26(30,31)32)18-33-24(37)23-7-4-8-36(23)14-11-34-9-12-35(13-10-34)22-5-2-1-3-6-22/h1-7,15-17,23H,8-14,18H2,(H,33,37)/t23-/m0/s1.